The molecular weight excluding hydrogens is 354 g/mol. The summed E-state index contributed by atoms with van der Waals surface area (Å²) in [7, 11) is 0. The number of rotatable bonds is 5. The van der Waals surface area contributed by atoms with E-state index in [-0.39, 0.29) is 23.9 Å². The van der Waals surface area contributed by atoms with Crippen LogP contribution in [0.4, 0.5) is 0 Å². The largest absolute Gasteiger partial charge is 0.351 e. The highest BCUT2D eigenvalue weighted by Crippen LogP contribution is 2.31. The van der Waals surface area contributed by atoms with Gasteiger partial charge in [0.2, 0.25) is 11.8 Å². The SMILES string of the molecule is CC(=O)NC1Cc2ccccc2C1NC(=O)CCc1cc2n(n1)CCCNC2. The van der Waals surface area contributed by atoms with Crippen LogP contribution in [0.15, 0.2) is 30.3 Å². The predicted octanol–water partition coefficient (Wildman–Crippen LogP) is 1.23. The summed E-state index contributed by atoms with van der Waals surface area (Å²) in [6, 6.07) is 9.86. The Bertz CT molecular complexity index is 852. The summed E-state index contributed by atoms with van der Waals surface area (Å²) in [6.07, 6.45) is 2.81. The fourth-order valence-electron chi connectivity index (χ4n) is 4.20. The van der Waals surface area contributed by atoms with Crippen molar-refractivity contribution in [1.82, 2.24) is 25.7 Å². The highest BCUT2D eigenvalue weighted by molar-refractivity contribution is 5.78. The van der Waals surface area contributed by atoms with E-state index in [0.717, 1.165) is 43.7 Å². The Kier molecular flexibility index (Phi) is 5.43. The summed E-state index contributed by atoms with van der Waals surface area (Å²) in [5, 5.41) is 14.1. The van der Waals surface area contributed by atoms with Gasteiger partial charge in [-0.3, -0.25) is 14.3 Å². The van der Waals surface area contributed by atoms with Crippen molar-refractivity contribution in [2.75, 3.05) is 6.54 Å². The second kappa shape index (κ2) is 8.14. The predicted molar refractivity (Wildman–Crippen MR) is 106 cm³/mol. The second-order valence-corrected chi connectivity index (χ2v) is 7.64. The highest BCUT2D eigenvalue weighted by atomic mass is 16.2. The van der Waals surface area contributed by atoms with Crippen molar-refractivity contribution in [3.05, 3.63) is 52.8 Å². The molecule has 2 aromatic rings. The first-order chi connectivity index (χ1) is 13.6. The van der Waals surface area contributed by atoms with Gasteiger partial charge in [-0.05, 0) is 36.6 Å². The van der Waals surface area contributed by atoms with Crippen molar-refractivity contribution >= 4 is 11.8 Å². The van der Waals surface area contributed by atoms with E-state index in [1.165, 1.54) is 18.2 Å². The van der Waals surface area contributed by atoms with Crippen LogP contribution in [-0.2, 0) is 35.5 Å². The van der Waals surface area contributed by atoms with Crippen LogP contribution in [0.5, 0.6) is 0 Å². The van der Waals surface area contributed by atoms with Crippen LogP contribution in [-0.4, -0.2) is 34.2 Å². The Morgan fingerprint density at radius 2 is 2.14 bits per heavy atom. The maximum atomic E-state index is 12.6. The molecule has 0 radical (unpaired) electrons. The van der Waals surface area contributed by atoms with E-state index >= 15 is 0 Å². The van der Waals surface area contributed by atoms with Crippen LogP contribution in [0, 0.1) is 0 Å². The minimum Gasteiger partial charge on any atom is -0.351 e. The van der Waals surface area contributed by atoms with Crippen LogP contribution in [0.3, 0.4) is 0 Å². The number of amides is 2. The summed E-state index contributed by atoms with van der Waals surface area (Å²) < 4.78 is 2.05. The third kappa shape index (κ3) is 4.09. The molecule has 2 aliphatic rings. The van der Waals surface area contributed by atoms with E-state index < -0.39 is 0 Å². The zero-order valence-corrected chi connectivity index (χ0v) is 16.2. The number of carbonyl (C=O) groups excluding carboxylic acids is 2. The molecule has 3 N–H and O–H groups in total. The van der Waals surface area contributed by atoms with Crippen molar-refractivity contribution in [3.63, 3.8) is 0 Å². The summed E-state index contributed by atoms with van der Waals surface area (Å²) in [4.78, 5) is 24.2. The third-order valence-electron chi connectivity index (χ3n) is 5.49. The monoisotopic (exact) mass is 381 g/mol. The minimum absolute atomic E-state index is 0.0154. The first-order valence-corrected chi connectivity index (χ1v) is 10.0. The van der Waals surface area contributed by atoms with Crippen molar-refractivity contribution in [1.29, 1.82) is 0 Å². The van der Waals surface area contributed by atoms with Crippen LogP contribution in [0.1, 0.15) is 48.3 Å². The lowest BCUT2D eigenvalue weighted by Crippen LogP contribution is -2.43. The molecule has 1 aromatic carbocycles. The van der Waals surface area contributed by atoms with E-state index in [0.29, 0.717) is 12.8 Å². The van der Waals surface area contributed by atoms with E-state index in [1.54, 1.807) is 0 Å². The molecule has 0 fully saturated rings. The molecule has 0 spiro atoms. The number of nitrogens with one attached hydrogen (secondary N) is 3. The average Bonchev–Trinajstić information content (AvgIpc) is 3.13. The van der Waals surface area contributed by atoms with Crippen molar-refractivity contribution in [3.8, 4) is 0 Å². The number of aryl methyl sites for hydroxylation is 2. The molecule has 0 saturated carbocycles. The molecule has 1 aromatic heterocycles. The Labute approximate surface area is 164 Å². The Morgan fingerprint density at radius 3 is 3.00 bits per heavy atom. The first-order valence-electron chi connectivity index (χ1n) is 10.0. The molecule has 0 bridgehead atoms. The number of benzene rings is 1. The number of hydrogen-bond donors (Lipinski definition) is 3. The third-order valence-corrected chi connectivity index (χ3v) is 5.49. The number of nitrogens with zero attached hydrogens (tertiary/aromatic N) is 2. The lowest BCUT2D eigenvalue weighted by Gasteiger charge is -2.22. The van der Waals surface area contributed by atoms with Gasteiger partial charge in [-0.15, -0.1) is 0 Å². The van der Waals surface area contributed by atoms with Gasteiger partial charge < -0.3 is 16.0 Å². The van der Waals surface area contributed by atoms with E-state index in [2.05, 4.69) is 33.2 Å². The van der Waals surface area contributed by atoms with Crippen LogP contribution >= 0.6 is 0 Å². The number of carbonyl (C=O) groups is 2. The quantitative estimate of drug-likeness (QED) is 0.727. The Morgan fingerprint density at radius 1 is 1.29 bits per heavy atom. The Hall–Kier alpha value is -2.67. The van der Waals surface area contributed by atoms with Crippen LogP contribution in [0.25, 0.3) is 0 Å². The summed E-state index contributed by atoms with van der Waals surface area (Å²) >= 11 is 0. The fraction of sp³-hybridized carbons (Fsp3) is 0.476. The molecule has 2 heterocycles. The summed E-state index contributed by atoms with van der Waals surface area (Å²) in [5.74, 6) is -0.0939. The first kappa shape index (κ1) is 18.7. The molecule has 7 heteroatoms. The maximum absolute atomic E-state index is 12.6. The number of hydrogen-bond acceptors (Lipinski definition) is 4. The summed E-state index contributed by atoms with van der Waals surface area (Å²) in [6.45, 7) is 4.28. The molecule has 7 nitrogen and oxygen atoms in total. The molecule has 2 atom stereocenters. The van der Waals surface area contributed by atoms with Crippen molar-refractivity contribution in [2.45, 2.75) is 57.8 Å². The second-order valence-electron chi connectivity index (χ2n) is 7.64. The van der Waals surface area contributed by atoms with Gasteiger partial charge in [-0.25, -0.2) is 0 Å². The normalized spacial score (nSPS) is 20.8. The van der Waals surface area contributed by atoms with Gasteiger partial charge in [0.25, 0.3) is 0 Å². The minimum atomic E-state index is -0.185. The smallest absolute Gasteiger partial charge is 0.220 e. The van der Waals surface area contributed by atoms with E-state index in [9.17, 15) is 9.59 Å². The molecule has 4 rings (SSSR count). The van der Waals surface area contributed by atoms with Gasteiger partial charge >= 0.3 is 0 Å². The van der Waals surface area contributed by atoms with Gasteiger partial charge in [0, 0.05) is 32.9 Å². The van der Waals surface area contributed by atoms with Gasteiger partial charge in [0.05, 0.1) is 23.5 Å². The Balaban J connectivity index is 1.39. The zero-order chi connectivity index (χ0) is 19.5. The molecular formula is C21H27N5O2. The van der Waals surface area contributed by atoms with Gasteiger partial charge in [0.1, 0.15) is 0 Å². The molecule has 28 heavy (non-hydrogen) atoms. The number of aromatic nitrogens is 2. The molecule has 2 unspecified atom stereocenters. The van der Waals surface area contributed by atoms with E-state index in [1.807, 2.05) is 22.9 Å². The topological polar surface area (TPSA) is 88.1 Å². The summed E-state index contributed by atoms with van der Waals surface area (Å²) in [5.41, 5.74) is 4.41. The lowest BCUT2D eigenvalue weighted by molar-refractivity contribution is -0.123. The fourth-order valence-corrected chi connectivity index (χ4v) is 4.20. The van der Waals surface area contributed by atoms with Crippen LogP contribution in [0.2, 0.25) is 0 Å². The van der Waals surface area contributed by atoms with Gasteiger partial charge in [-0.2, -0.15) is 5.10 Å². The van der Waals surface area contributed by atoms with Gasteiger partial charge in [0.15, 0.2) is 0 Å². The molecule has 148 valence electrons. The van der Waals surface area contributed by atoms with E-state index in [4.69, 9.17) is 0 Å². The lowest BCUT2D eigenvalue weighted by atomic mass is 10.1. The van der Waals surface area contributed by atoms with Crippen LogP contribution < -0.4 is 16.0 Å². The maximum Gasteiger partial charge on any atom is 0.220 e. The molecule has 0 saturated heterocycles. The number of fused-ring (bicyclic) bond motifs is 2. The van der Waals surface area contributed by atoms with Crippen molar-refractivity contribution < 1.29 is 9.59 Å². The zero-order valence-electron chi connectivity index (χ0n) is 16.2. The highest BCUT2D eigenvalue weighted by Gasteiger charge is 2.33. The molecule has 1 aliphatic heterocycles. The average molecular weight is 381 g/mol. The standard InChI is InChI=1S/C21H27N5O2/c1-14(27)23-19-11-15-5-2-3-6-18(15)21(19)24-20(28)8-7-16-12-17-13-22-9-4-10-26(17)25-16/h2-3,5-6,12,19,21-22H,4,7-11,13H2,1H3,(H,23,27)(H,24,28). The van der Waals surface area contributed by atoms with Crippen molar-refractivity contribution in [2.24, 2.45) is 0 Å². The molecule has 1 aliphatic carbocycles. The van der Waals surface area contributed by atoms with Gasteiger partial charge in [-0.1, -0.05) is 24.3 Å². The molecule has 2 amide bonds.